The third kappa shape index (κ3) is 2.77. The molecule has 0 atom stereocenters. The second kappa shape index (κ2) is 5.16. The summed E-state index contributed by atoms with van der Waals surface area (Å²) in [6.45, 7) is 1.21. The Balaban J connectivity index is 1.58. The van der Waals surface area contributed by atoms with Crippen molar-refractivity contribution in [2.45, 2.75) is 13.2 Å². The van der Waals surface area contributed by atoms with E-state index < -0.39 is 0 Å². The van der Waals surface area contributed by atoms with Gasteiger partial charge in [0.15, 0.2) is 11.5 Å². The molecule has 0 saturated heterocycles. The number of hydrogen-bond donors (Lipinski definition) is 1. The summed E-state index contributed by atoms with van der Waals surface area (Å²) in [7, 11) is 0. The van der Waals surface area contributed by atoms with Crippen LogP contribution in [-0.2, 0) is 18.0 Å². The summed E-state index contributed by atoms with van der Waals surface area (Å²) in [5.41, 5.74) is 7.46. The number of hydrogen-bond acceptors (Lipinski definition) is 5. The van der Waals surface area contributed by atoms with Crippen molar-refractivity contribution in [3.8, 4) is 11.5 Å². The van der Waals surface area contributed by atoms with E-state index >= 15 is 0 Å². The fraction of sp³-hybridized carbons (Fsp3) is 0.214. The molecule has 0 aliphatic carbocycles. The molecule has 0 amide bonds. The summed E-state index contributed by atoms with van der Waals surface area (Å²) >= 11 is 0. The van der Waals surface area contributed by atoms with Crippen molar-refractivity contribution in [1.29, 1.82) is 0 Å². The predicted octanol–water partition coefficient (Wildman–Crippen LogP) is 2.11. The average molecular weight is 258 g/mol. The first kappa shape index (κ1) is 11.8. The average Bonchev–Trinajstić information content (AvgIpc) is 2.86. The number of aromatic nitrogens is 1. The van der Waals surface area contributed by atoms with Gasteiger partial charge in [0.1, 0.15) is 5.82 Å². The smallest absolute Gasteiger partial charge is 0.231 e. The van der Waals surface area contributed by atoms with Gasteiger partial charge in [0.05, 0.1) is 18.9 Å². The molecular weight excluding hydrogens is 244 g/mol. The van der Waals surface area contributed by atoms with E-state index in [4.69, 9.17) is 19.9 Å². The van der Waals surface area contributed by atoms with E-state index in [1.807, 2.05) is 30.3 Å². The van der Waals surface area contributed by atoms with Crippen LogP contribution in [0.4, 0.5) is 5.82 Å². The molecule has 2 aromatic rings. The second-order valence-corrected chi connectivity index (χ2v) is 4.23. The Morgan fingerprint density at radius 2 is 2.00 bits per heavy atom. The van der Waals surface area contributed by atoms with E-state index in [0.29, 0.717) is 19.0 Å². The Labute approximate surface area is 110 Å². The lowest BCUT2D eigenvalue weighted by Crippen LogP contribution is -1.99. The molecule has 1 aromatic carbocycles. The first-order valence-corrected chi connectivity index (χ1v) is 5.99. The van der Waals surface area contributed by atoms with Crippen LogP contribution in [0.1, 0.15) is 11.3 Å². The number of fused-ring (bicyclic) bond motifs is 1. The summed E-state index contributed by atoms with van der Waals surface area (Å²) < 4.78 is 16.2. The van der Waals surface area contributed by atoms with Crippen LogP contribution < -0.4 is 15.2 Å². The Morgan fingerprint density at radius 1 is 1.11 bits per heavy atom. The zero-order valence-corrected chi connectivity index (χ0v) is 10.3. The molecule has 5 heteroatoms. The zero-order valence-electron chi connectivity index (χ0n) is 10.3. The van der Waals surface area contributed by atoms with Crippen molar-refractivity contribution in [3.05, 3.63) is 47.7 Å². The summed E-state index contributed by atoms with van der Waals surface area (Å²) in [5.74, 6) is 2.05. The van der Waals surface area contributed by atoms with Crippen molar-refractivity contribution >= 4 is 5.82 Å². The van der Waals surface area contributed by atoms with Gasteiger partial charge in [0, 0.05) is 0 Å². The van der Waals surface area contributed by atoms with Gasteiger partial charge >= 0.3 is 0 Å². The van der Waals surface area contributed by atoms with E-state index in [-0.39, 0.29) is 6.79 Å². The van der Waals surface area contributed by atoms with Gasteiger partial charge < -0.3 is 19.9 Å². The summed E-state index contributed by atoms with van der Waals surface area (Å²) in [6, 6.07) is 11.3. The third-order valence-corrected chi connectivity index (χ3v) is 2.78. The van der Waals surface area contributed by atoms with Gasteiger partial charge in [0.25, 0.3) is 0 Å². The Hall–Kier alpha value is -2.27. The molecule has 3 rings (SSSR count). The summed E-state index contributed by atoms with van der Waals surface area (Å²) in [4.78, 5) is 4.17. The number of nitrogen functional groups attached to an aromatic ring is 1. The largest absolute Gasteiger partial charge is 0.454 e. The molecule has 0 fully saturated rings. The van der Waals surface area contributed by atoms with Crippen LogP contribution in [0.25, 0.3) is 0 Å². The topological polar surface area (TPSA) is 66.6 Å². The van der Waals surface area contributed by atoms with Crippen molar-refractivity contribution in [3.63, 3.8) is 0 Å². The molecule has 19 heavy (non-hydrogen) atoms. The third-order valence-electron chi connectivity index (χ3n) is 2.78. The van der Waals surface area contributed by atoms with Crippen molar-refractivity contribution in [1.82, 2.24) is 4.98 Å². The van der Waals surface area contributed by atoms with Crippen LogP contribution in [0.2, 0.25) is 0 Å². The highest BCUT2D eigenvalue weighted by Crippen LogP contribution is 2.32. The molecule has 1 aliphatic heterocycles. The summed E-state index contributed by atoms with van der Waals surface area (Å²) in [5, 5.41) is 0. The van der Waals surface area contributed by atoms with Crippen molar-refractivity contribution in [2.75, 3.05) is 12.5 Å². The number of benzene rings is 1. The van der Waals surface area contributed by atoms with Crippen molar-refractivity contribution in [2.24, 2.45) is 0 Å². The van der Waals surface area contributed by atoms with Gasteiger partial charge in [-0.2, -0.15) is 0 Å². The lowest BCUT2D eigenvalue weighted by Gasteiger charge is -2.05. The summed E-state index contributed by atoms with van der Waals surface area (Å²) in [6.07, 6.45) is 0. The fourth-order valence-electron chi connectivity index (χ4n) is 1.88. The Bertz CT molecular complexity index is 587. The number of ether oxygens (including phenoxy) is 3. The number of anilines is 1. The highest BCUT2D eigenvalue weighted by molar-refractivity contribution is 5.44. The van der Waals surface area contributed by atoms with E-state index in [2.05, 4.69) is 4.98 Å². The van der Waals surface area contributed by atoms with Crippen molar-refractivity contribution < 1.29 is 14.2 Å². The van der Waals surface area contributed by atoms with E-state index in [1.54, 1.807) is 6.07 Å². The van der Waals surface area contributed by atoms with Crippen LogP contribution in [0, 0.1) is 0 Å². The lowest BCUT2D eigenvalue weighted by atomic mass is 10.2. The van der Waals surface area contributed by atoms with Gasteiger partial charge in [-0.05, 0) is 29.8 Å². The minimum Gasteiger partial charge on any atom is -0.454 e. The molecular formula is C14H14N2O3. The maximum absolute atomic E-state index is 5.61. The zero-order chi connectivity index (χ0) is 13.1. The predicted molar refractivity (Wildman–Crippen MR) is 69.7 cm³/mol. The molecule has 1 aliphatic rings. The number of rotatable bonds is 4. The quantitative estimate of drug-likeness (QED) is 0.909. The van der Waals surface area contributed by atoms with Gasteiger partial charge in [-0.25, -0.2) is 4.98 Å². The molecule has 0 unspecified atom stereocenters. The van der Waals surface area contributed by atoms with E-state index in [0.717, 1.165) is 22.8 Å². The first-order chi connectivity index (χ1) is 9.31. The van der Waals surface area contributed by atoms with Gasteiger partial charge in [0.2, 0.25) is 6.79 Å². The monoisotopic (exact) mass is 258 g/mol. The highest BCUT2D eigenvalue weighted by atomic mass is 16.7. The molecule has 5 nitrogen and oxygen atoms in total. The van der Waals surface area contributed by atoms with Gasteiger partial charge in [-0.1, -0.05) is 12.1 Å². The Kier molecular flexibility index (Phi) is 3.20. The molecule has 2 heterocycles. The molecule has 0 radical (unpaired) electrons. The lowest BCUT2D eigenvalue weighted by molar-refractivity contribution is 0.104. The molecule has 2 N–H and O–H groups in total. The Morgan fingerprint density at radius 3 is 2.89 bits per heavy atom. The van der Waals surface area contributed by atoms with E-state index in [1.165, 1.54) is 0 Å². The standard InChI is InChI=1S/C14H14N2O3/c15-14-3-1-2-11(16-14)8-17-7-10-4-5-12-13(6-10)19-9-18-12/h1-6H,7-9H2,(H2,15,16). The maximum atomic E-state index is 5.61. The fourth-order valence-corrected chi connectivity index (χ4v) is 1.88. The SMILES string of the molecule is Nc1cccc(COCc2ccc3c(c2)OCO3)n1. The highest BCUT2D eigenvalue weighted by Gasteiger charge is 2.12. The van der Waals surface area contributed by atoms with Gasteiger partial charge in [-0.15, -0.1) is 0 Å². The van der Waals surface area contributed by atoms with Gasteiger partial charge in [-0.3, -0.25) is 0 Å². The number of nitrogens with zero attached hydrogens (tertiary/aromatic N) is 1. The minimum atomic E-state index is 0.285. The molecule has 98 valence electrons. The number of pyridine rings is 1. The van der Waals surface area contributed by atoms with Crippen LogP contribution in [0.3, 0.4) is 0 Å². The molecule has 1 aromatic heterocycles. The maximum Gasteiger partial charge on any atom is 0.231 e. The first-order valence-electron chi connectivity index (χ1n) is 5.99. The minimum absolute atomic E-state index is 0.285. The molecule has 0 spiro atoms. The molecule has 0 saturated carbocycles. The second-order valence-electron chi connectivity index (χ2n) is 4.23. The molecule has 0 bridgehead atoms. The number of nitrogens with two attached hydrogens (primary N) is 1. The normalized spacial score (nSPS) is 12.6. The van der Waals surface area contributed by atoms with Crippen LogP contribution in [0.15, 0.2) is 36.4 Å². The van der Waals surface area contributed by atoms with Crippen LogP contribution in [0.5, 0.6) is 11.5 Å². The van der Waals surface area contributed by atoms with Crippen LogP contribution in [-0.4, -0.2) is 11.8 Å². The van der Waals surface area contributed by atoms with Crippen LogP contribution >= 0.6 is 0 Å². The van der Waals surface area contributed by atoms with E-state index in [9.17, 15) is 0 Å².